The number of fused-ring (bicyclic) bond motifs is 2. The fourth-order valence-electron chi connectivity index (χ4n) is 4.29. The third-order valence-corrected chi connectivity index (χ3v) is 5.82. The second-order valence-corrected chi connectivity index (χ2v) is 7.70. The zero-order valence-electron chi connectivity index (χ0n) is 16.7. The van der Waals surface area contributed by atoms with Crippen LogP contribution < -0.4 is 11.5 Å². The van der Waals surface area contributed by atoms with Crippen molar-refractivity contribution in [3.63, 3.8) is 0 Å². The molecule has 4 heterocycles. The lowest BCUT2D eigenvalue weighted by molar-refractivity contribution is 0.713. The van der Waals surface area contributed by atoms with Gasteiger partial charge in [0.25, 0.3) is 0 Å². The molecule has 8 heteroatoms. The zero-order chi connectivity index (χ0) is 20.9. The Morgan fingerprint density at radius 1 is 1.00 bits per heavy atom. The van der Waals surface area contributed by atoms with Crippen molar-refractivity contribution in [3.8, 4) is 22.9 Å². The first kappa shape index (κ1) is 17.8. The van der Waals surface area contributed by atoms with Gasteiger partial charge in [-0.15, -0.1) is 0 Å². The molecule has 4 N–H and O–H groups in total. The van der Waals surface area contributed by atoms with E-state index in [-0.39, 0.29) is 6.04 Å². The maximum atomic E-state index is 6.25. The number of rotatable bonds is 3. The van der Waals surface area contributed by atoms with Crippen LogP contribution in [0.2, 0.25) is 0 Å². The van der Waals surface area contributed by atoms with Gasteiger partial charge >= 0.3 is 0 Å². The monoisotopic (exact) mass is 408 g/mol. The first-order valence-electron chi connectivity index (χ1n) is 10.2. The number of anilines is 1. The van der Waals surface area contributed by atoms with E-state index in [1.807, 2.05) is 41.1 Å². The Kier molecular flexibility index (Phi) is 3.87. The first-order chi connectivity index (χ1) is 15.2. The highest BCUT2D eigenvalue weighted by Crippen LogP contribution is 2.34. The molecule has 8 nitrogen and oxygen atoms in total. The van der Waals surface area contributed by atoms with Gasteiger partial charge in [0.1, 0.15) is 11.3 Å². The van der Waals surface area contributed by atoms with Gasteiger partial charge in [0, 0.05) is 30.3 Å². The highest BCUT2D eigenvalue weighted by Gasteiger charge is 2.22. The van der Waals surface area contributed by atoms with E-state index in [1.54, 1.807) is 17.1 Å². The summed E-state index contributed by atoms with van der Waals surface area (Å²) in [5, 5.41) is 4.31. The Bertz CT molecular complexity index is 1420. The number of hydrogen-bond donors (Lipinski definition) is 2. The number of aryl methyl sites for hydroxylation is 1. The highest BCUT2D eigenvalue weighted by molar-refractivity contribution is 5.83. The molecule has 5 aromatic rings. The van der Waals surface area contributed by atoms with E-state index in [9.17, 15) is 0 Å². The quantitative estimate of drug-likeness (QED) is 0.474. The predicted octanol–water partition coefficient (Wildman–Crippen LogP) is 3.20. The molecule has 1 aliphatic carbocycles. The molecule has 152 valence electrons. The van der Waals surface area contributed by atoms with E-state index in [0.29, 0.717) is 17.5 Å². The van der Waals surface area contributed by atoms with Crippen molar-refractivity contribution in [3.05, 3.63) is 78.2 Å². The van der Waals surface area contributed by atoms with Gasteiger partial charge in [-0.25, -0.2) is 19.6 Å². The fraction of sp³-hybridized carbons (Fsp3) is 0.130. The lowest BCUT2D eigenvalue weighted by Gasteiger charge is -2.13. The molecular formula is C23H20N8. The Morgan fingerprint density at radius 3 is 2.77 bits per heavy atom. The summed E-state index contributed by atoms with van der Waals surface area (Å²) >= 11 is 0. The summed E-state index contributed by atoms with van der Waals surface area (Å²) in [4.78, 5) is 14.0. The molecule has 0 fully saturated rings. The van der Waals surface area contributed by atoms with Gasteiger partial charge in [0.15, 0.2) is 17.3 Å². The van der Waals surface area contributed by atoms with Crippen molar-refractivity contribution in [2.24, 2.45) is 5.73 Å². The van der Waals surface area contributed by atoms with Crippen LogP contribution in [0, 0.1) is 0 Å². The summed E-state index contributed by atoms with van der Waals surface area (Å²) in [7, 11) is 0. The smallest absolute Gasteiger partial charge is 0.167 e. The molecule has 0 radical (unpaired) electrons. The second-order valence-electron chi connectivity index (χ2n) is 7.70. The lowest BCUT2D eigenvalue weighted by atomic mass is 10.1. The predicted molar refractivity (Wildman–Crippen MR) is 119 cm³/mol. The van der Waals surface area contributed by atoms with Crippen LogP contribution in [0.5, 0.6) is 0 Å². The Labute approximate surface area is 178 Å². The van der Waals surface area contributed by atoms with Gasteiger partial charge in [0.2, 0.25) is 0 Å². The zero-order valence-corrected chi connectivity index (χ0v) is 16.7. The minimum absolute atomic E-state index is 0.0987. The summed E-state index contributed by atoms with van der Waals surface area (Å²) in [6.07, 6.45) is 7.21. The maximum Gasteiger partial charge on any atom is 0.167 e. The van der Waals surface area contributed by atoms with E-state index < -0.39 is 0 Å². The third-order valence-electron chi connectivity index (χ3n) is 5.82. The van der Waals surface area contributed by atoms with E-state index in [1.165, 1.54) is 11.1 Å². The molecule has 6 rings (SSSR count). The molecule has 4 aromatic heterocycles. The van der Waals surface area contributed by atoms with Crippen molar-refractivity contribution in [1.82, 2.24) is 29.3 Å². The summed E-state index contributed by atoms with van der Waals surface area (Å²) in [6.45, 7) is 0. The summed E-state index contributed by atoms with van der Waals surface area (Å²) < 4.78 is 3.77. The number of pyridine rings is 2. The lowest BCUT2D eigenvalue weighted by Crippen LogP contribution is -2.06. The molecule has 0 spiro atoms. The summed E-state index contributed by atoms with van der Waals surface area (Å²) in [5.74, 6) is 1.84. The average Bonchev–Trinajstić information content (AvgIpc) is 3.52. The van der Waals surface area contributed by atoms with Crippen molar-refractivity contribution >= 4 is 17.0 Å². The first-order valence-corrected chi connectivity index (χ1v) is 10.2. The molecule has 31 heavy (non-hydrogen) atoms. The van der Waals surface area contributed by atoms with Gasteiger partial charge in [-0.05, 0) is 66.4 Å². The molecule has 1 aromatic carbocycles. The van der Waals surface area contributed by atoms with E-state index in [4.69, 9.17) is 21.4 Å². The van der Waals surface area contributed by atoms with Gasteiger partial charge < -0.3 is 11.5 Å². The molecule has 0 bridgehead atoms. The highest BCUT2D eigenvalue weighted by atomic mass is 15.3. The summed E-state index contributed by atoms with van der Waals surface area (Å²) in [5.41, 5.74) is 18.2. The SMILES string of the molecule is Nc1ncccc1-c1nc2ccc(-n3cccn3)nc2n1-c1ccc2c(c1)CCC2N. The van der Waals surface area contributed by atoms with Gasteiger partial charge in [-0.3, -0.25) is 4.57 Å². The van der Waals surface area contributed by atoms with Crippen molar-refractivity contribution < 1.29 is 0 Å². The largest absolute Gasteiger partial charge is 0.383 e. The van der Waals surface area contributed by atoms with E-state index >= 15 is 0 Å². The van der Waals surface area contributed by atoms with Crippen LogP contribution in [0.25, 0.3) is 34.1 Å². The van der Waals surface area contributed by atoms with Gasteiger partial charge in [-0.2, -0.15) is 5.10 Å². The molecular weight excluding hydrogens is 388 g/mol. The maximum absolute atomic E-state index is 6.25. The minimum Gasteiger partial charge on any atom is -0.383 e. The Balaban J connectivity index is 1.64. The number of nitrogens with zero attached hydrogens (tertiary/aromatic N) is 6. The number of aromatic nitrogens is 6. The number of imidazole rings is 1. The van der Waals surface area contributed by atoms with Crippen LogP contribution in [0.4, 0.5) is 5.82 Å². The molecule has 1 aliphatic rings. The standard InChI is InChI=1S/C23H20N8/c24-18-7-4-14-13-15(5-6-16(14)18)31-22(17-3-1-10-26-21(17)25)28-19-8-9-20(29-23(19)31)30-12-2-11-27-30/h1-3,5-6,8-13,18H,4,7,24H2,(H2,25,26). The fourth-order valence-corrected chi connectivity index (χ4v) is 4.29. The Hall–Kier alpha value is -4.04. The molecule has 1 unspecified atom stereocenters. The van der Waals surface area contributed by atoms with Crippen LogP contribution in [0.15, 0.2) is 67.1 Å². The van der Waals surface area contributed by atoms with Gasteiger partial charge in [0.05, 0.1) is 5.56 Å². The number of benzene rings is 1. The van der Waals surface area contributed by atoms with Crippen LogP contribution in [-0.2, 0) is 6.42 Å². The van der Waals surface area contributed by atoms with E-state index in [2.05, 4.69) is 28.3 Å². The number of nitrogens with two attached hydrogens (primary N) is 2. The van der Waals surface area contributed by atoms with Crippen molar-refractivity contribution in [2.75, 3.05) is 5.73 Å². The molecule has 0 saturated carbocycles. The Morgan fingerprint density at radius 2 is 1.94 bits per heavy atom. The van der Waals surface area contributed by atoms with Gasteiger partial charge in [-0.1, -0.05) is 6.07 Å². The molecule has 0 saturated heterocycles. The topological polar surface area (TPSA) is 113 Å². The van der Waals surface area contributed by atoms with Crippen LogP contribution in [-0.4, -0.2) is 29.3 Å². The van der Waals surface area contributed by atoms with E-state index in [0.717, 1.165) is 35.3 Å². The van der Waals surface area contributed by atoms with Crippen molar-refractivity contribution in [2.45, 2.75) is 18.9 Å². The third kappa shape index (κ3) is 2.80. The van der Waals surface area contributed by atoms with Crippen LogP contribution >= 0.6 is 0 Å². The molecule has 1 atom stereocenters. The molecule has 0 aliphatic heterocycles. The number of nitrogen functional groups attached to an aromatic ring is 1. The average molecular weight is 408 g/mol. The molecule has 0 amide bonds. The second kappa shape index (κ2) is 6.75. The van der Waals surface area contributed by atoms with Crippen LogP contribution in [0.3, 0.4) is 0 Å². The summed E-state index contributed by atoms with van der Waals surface area (Å²) in [6, 6.07) is 16.0. The normalized spacial score (nSPS) is 15.5. The minimum atomic E-state index is 0.0987. The number of hydrogen-bond acceptors (Lipinski definition) is 6. The van der Waals surface area contributed by atoms with Crippen LogP contribution in [0.1, 0.15) is 23.6 Å². The van der Waals surface area contributed by atoms with Crippen molar-refractivity contribution in [1.29, 1.82) is 0 Å².